The molecule has 0 unspecified atom stereocenters. The first kappa shape index (κ1) is 11.6. The summed E-state index contributed by atoms with van der Waals surface area (Å²) in [5.41, 5.74) is 3.87. The Bertz CT molecular complexity index is 494. The van der Waals surface area contributed by atoms with Gasteiger partial charge in [-0.1, -0.05) is 25.1 Å². The first-order chi connectivity index (χ1) is 7.52. The number of hydrogen-bond donors (Lipinski definition) is 0. The first-order valence-electron chi connectivity index (χ1n) is 5.57. The Kier molecular flexibility index (Phi) is 3.04. The molecule has 88 valence electrons. The van der Waals surface area contributed by atoms with Crippen LogP contribution in [0.2, 0.25) is 0 Å². The summed E-state index contributed by atoms with van der Waals surface area (Å²) in [5.74, 6) is 0. The second-order valence-electron chi connectivity index (χ2n) is 4.25. The van der Waals surface area contributed by atoms with E-state index < -0.39 is 10.0 Å². The van der Waals surface area contributed by atoms with Crippen molar-refractivity contribution in [2.75, 3.05) is 12.8 Å². The van der Waals surface area contributed by atoms with Crippen molar-refractivity contribution in [3.8, 4) is 0 Å². The summed E-state index contributed by atoms with van der Waals surface area (Å²) in [6.07, 6.45) is 3.14. The van der Waals surface area contributed by atoms with Crippen LogP contribution in [0.25, 0.3) is 0 Å². The molecule has 0 aromatic heterocycles. The van der Waals surface area contributed by atoms with Gasteiger partial charge < -0.3 is 0 Å². The van der Waals surface area contributed by atoms with Crippen molar-refractivity contribution in [2.45, 2.75) is 26.3 Å². The molecule has 0 aliphatic carbocycles. The molecular formula is C12H17NO2S. The van der Waals surface area contributed by atoms with E-state index in [2.05, 4.69) is 13.0 Å². The van der Waals surface area contributed by atoms with Gasteiger partial charge in [-0.3, -0.25) is 0 Å². The molecule has 1 heterocycles. The molecule has 2 rings (SSSR count). The fourth-order valence-corrected chi connectivity index (χ4v) is 3.07. The van der Waals surface area contributed by atoms with Crippen molar-refractivity contribution in [1.82, 2.24) is 4.31 Å². The third-order valence-corrected chi connectivity index (χ3v) is 4.43. The van der Waals surface area contributed by atoms with E-state index in [0.717, 1.165) is 18.4 Å². The van der Waals surface area contributed by atoms with Gasteiger partial charge in [0.2, 0.25) is 10.0 Å². The molecule has 16 heavy (non-hydrogen) atoms. The normalized spacial score (nSPS) is 17.1. The van der Waals surface area contributed by atoms with Gasteiger partial charge >= 0.3 is 0 Å². The Morgan fingerprint density at radius 3 is 2.75 bits per heavy atom. The predicted octanol–water partition coefficient (Wildman–Crippen LogP) is 1.57. The first-order valence-corrected chi connectivity index (χ1v) is 7.42. The molecule has 0 atom stereocenters. The van der Waals surface area contributed by atoms with Crippen LogP contribution in [0.4, 0.5) is 0 Å². The zero-order valence-corrected chi connectivity index (χ0v) is 10.5. The van der Waals surface area contributed by atoms with Gasteiger partial charge in [0.05, 0.1) is 6.26 Å². The van der Waals surface area contributed by atoms with Crippen LogP contribution in [0.15, 0.2) is 18.2 Å². The van der Waals surface area contributed by atoms with Crippen LogP contribution in [0.5, 0.6) is 0 Å². The monoisotopic (exact) mass is 239 g/mol. The molecule has 0 saturated carbocycles. The van der Waals surface area contributed by atoms with Crippen LogP contribution < -0.4 is 0 Å². The highest BCUT2D eigenvalue weighted by molar-refractivity contribution is 7.88. The highest BCUT2D eigenvalue weighted by atomic mass is 32.2. The highest BCUT2D eigenvalue weighted by Gasteiger charge is 2.23. The van der Waals surface area contributed by atoms with Crippen LogP contribution in [0.1, 0.15) is 23.6 Å². The molecule has 1 aliphatic heterocycles. The summed E-state index contributed by atoms with van der Waals surface area (Å²) in [4.78, 5) is 0. The zero-order valence-electron chi connectivity index (χ0n) is 9.73. The van der Waals surface area contributed by atoms with E-state index in [-0.39, 0.29) is 0 Å². The Balaban J connectivity index is 2.35. The molecule has 0 radical (unpaired) electrons. The Labute approximate surface area is 97.1 Å². The molecule has 0 spiro atoms. The van der Waals surface area contributed by atoms with E-state index in [1.807, 2.05) is 12.1 Å². The standard InChI is InChI=1S/C12H17NO2S/c1-3-10-5-4-6-11-9-13(16(2,14)15)8-7-12(10)11/h4-6H,3,7-9H2,1-2H3. The molecule has 1 aromatic carbocycles. The number of nitrogens with zero attached hydrogens (tertiary/aromatic N) is 1. The van der Waals surface area contributed by atoms with Crippen LogP contribution in [-0.4, -0.2) is 25.5 Å². The largest absolute Gasteiger partial charge is 0.212 e. The Morgan fingerprint density at radius 2 is 2.12 bits per heavy atom. The van der Waals surface area contributed by atoms with Crippen molar-refractivity contribution in [2.24, 2.45) is 0 Å². The minimum absolute atomic E-state index is 0.530. The van der Waals surface area contributed by atoms with Crippen molar-refractivity contribution in [3.63, 3.8) is 0 Å². The number of fused-ring (bicyclic) bond motifs is 1. The van der Waals surface area contributed by atoms with Gasteiger partial charge in [-0.05, 0) is 29.5 Å². The van der Waals surface area contributed by atoms with Crippen molar-refractivity contribution in [3.05, 3.63) is 34.9 Å². The fraction of sp³-hybridized carbons (Fsp3) is 0.500. The van der Waals surface area contributed by atoms with Gasteiger partial charge in [-0.15, -0.1) is 0 Å². The smallest absolute Gasteiger partial charge is 0.211 e. The number of hydrogen-bond acceptors (Lipinski definition) is 2. The van der Waals surface area contributed by atoms with E-state index in [1.165, 1.54) is 17.4 Å². The molecular weight excluding hydrogens is 222 g/mol. The van der Waals surface area contributed by atoms with E-state index in [1.54, 1.807) is 4.31 Å². The lowest BCUT2D eigenvalue weighted by Crippen LogP contribution is -2.35. The summed E-state index contributed by atoms with van der Waals surface area (Å²) in [5, 5.41) is 0. The topological polar surface area (TPSA) is 37.4 Å². The van der Waals surface area contributed by atoms with Crippen molar-refractivity contribution in [1.29, 1.82) is 0 Å². The second kappa shape index (κ2) is 4.18. The maximum atomic E-state index is 11.5. The summed E-state index contributed by atoms with van der Waals surface area (Å²) in [6.45, 7) is 3.28. The third-order valence-electron chi connectivity index (χ3n) is 3.18. The zero-order chi connectivity index (χ0) is 11.8. The lowest BCUT2D eigenvalue weighted by atomic mass is 9.94. The molecule has 4 heteroatoms. The maximum Gasteiger partial charge on any atom is 0.211 e. The average molecular weight is 239 g/mol. The van der Waals surface area contributed by atoms with Gasteiger partial charge in [-0.2, -0.15) is 4.31 Å². The molecule has 3 nitrogen and oxygen atoms in total. The quantitative estimate of drug-likeness (QED) is 0.785. The predicted molar refractivity (Wildman–Crippen MR) is 64.8 cm³/mol. The number of benzene rings is 1. The molecule has 0 bridgehead atoms. The average Bonchev–Trinajstić information content (AvgIpc) is 2.26. The molecule has 0 amide bonds. The van der Waals surface area contributed by atoms with Gasteiger partial charge in [0, 0.05) is 13.1 Å². The van der Waals surface area contributed by atoms with Gasteiger partial charge in [-0.25, -0.2) is 8.42 Å². The summed E-state index contributed by atoms with van der Waals surface area (Å²) >= 11 is 0. The lowest BCUT2D eigenvalue weighted by Gasteiger charge is -2.28. The SMILES string of the molecule is CCc1cccc2c1CCN(S(C)(=O)=O)C2. The van der Waals surface area contributed by atoms with Crippen LogP contribution in [0.3, 0.4) is 0 Å². The van der Waals surface area contributed by atoms with Gasteiger partial charge in [0.15, 0.2) is 0 Å². The number of rotatable bonds is 2. The minimum atomic E-state index is -3.05. The maximum absolute atomic E-state index is 11.5. The third kappa shape index (κ3) is 2.13. The summed E-state index contributed by atoms with van der Waals surface area (Å²) in [7, 11) is -3.05. The van der Waals surface area contributed by atoms with E-state index in [9.17, 15) is 8.42 Å². The molecule has 0 fully saturated rings. The van der Waals surface area contributed by atoms with Crippen LogP contribution in [0, 0.1) is 0 Å². The second-order valence-corrected chi connectivity index (χ2v) is 6.24. The molecule has 0 saturated heterocycles. The van der Waals surface area contributed by atoms with Crippen LogP contribution in [-0.2, 0) is 29.4 Å². The van der Waals surface area contributed by atoms with Gasteiger partial charge in [0.1, 0.15) is 0 Å². The van der Waals surface area contributed by atoms with E-state index in [4.69, 9.17) is 0 Å². The summed E-state index contributed by atoms with van der Waals surface area (Å²) < 4.78 is 24.5. The molecule has 1 aliphatic rings. The fourth-order valence-electron chi connectivity index (χ4n) is 2.28. The van der Waals surface area contributed by atoms with E-state index in [0.29, 0.717) is 13.1 Å². The van der Waals surface area contributed by atoms with Gasteiger partial charge in [0.25, 0.3) is 0 Å². The molecule has 0 N–H and O–H groups in total. The highest BCUT2D eigenvalue weighted by Crippen LogP contribution is 2.24. The van der Waals surface area contributed by atoms with E-state index >= 15 is 0 Å². The number of aryl methyl sites for hydroxylation is 1. The Hall–Kier alpha value is -0.870. The minimum Gasteiger partial charge on any atom is -0.212 e. The Morgan fingerprint density at radius 1 is 1.38 bits per heavy atom. The summed E-state index contributed by atoms with van der Waals surface area (Å²) in [6, 6.07) is 6.18. The van der Waals surface area contributed by atoms with Crippen molar-refractivity contribution < 1.29 is 8.42 Å². The van der Waals surface area contributed by atoms with Crippen LogP contribution >= 0.6 is 0 Å². The molecule has 1 aromatic rings. The number of sulfonamides is 1. The van der Waals surface area contributed by atoms with Crippen molar-refractivity contribution >= 4 is 10.0 Å². The lowest BCUT2D eigenvalue weighted by molar-refractivity contribution is 0.394.